The van der Waals surface area contributed by atoms with Crippen molar-refractivity contribution >= 4 is 39.6 Å². The lowest BCUT2D eigenvalue weighted by molar-refractivity contribution is 0.411. The van der Waals surface area contributed by atoms with Gasteiger partial charge in [0.15, 0.2) is 5.65 Å². The molecule has 3 rings (SSSR count). The van der Waals surface area contributed by atoms with Crippen molar-refractivity contribution in [3.05, 3.63) is 38.7 Å². The number of ether oxygens (including phenoxy) is 1. The first kappa shape index (κ1) is 15.6. The van der Waals surface area contributed by atoms with Gasteiger partial charge in [0.05, 0.1) is 19.0 Å². The summed E-state index contributed by atoms with van der Waals surface area (Å²) in [6.45, 7) is 3.94. The maximum atomic E-state index is 9.45. The number of nitrogens with zero attached hydrogens (tertiary/aromatic N) is 4. The highest BCUT2D eigenvalue weighted by Crippen LogP contribution is 2.34. The lowest BCUT2D eigenvalue weighted by Crippen LogP contribution is -2.07. The van der Waals surface area contributed by atoms with Crippen LogP contribution in [0.4, 0.5) is 5.82 Å². The number of nitrogen functional groups attached to an aromatic ring is 1. The average molecular weight is 419 g/mol. The molecule has 0 fully saturated rings. The molecule has 0 saturated carbocycles. The molecule has 2 aromatic heterocycles. The van der Waals surface area contributed by atoms with E-state index in [0.29, 0.717) is 22.5 Å². The van der Waals surface area contributed by atoms with Crippen LogP contribution in [0.3, 0.4) is 0 Å². The number of nitrogens with two attached hydrogens (primary N) is 1. The number of hydrogen-bond acceptors (Lipinski definition) is 5. The molecule has 3 aromatic rings. The Morgan fingerprint density at radius 2 is 2.09 bits per heavy atom. The Bertz CT molecular complexity index is 971. The van der Waals surface area contributed by atoms with E-state index in [9.17, 15) is 5.26 Å². The fourth-order valence-electron chi connectivity index (χ4n) is 2.76. The Labute approximate surface area is 147 Å². The number of anilines is 1. The number of fused-ring (bicyclic) bond motifs is 1. The van der Waals surface area contributed by atoms with Crippen molar-refractivity contribution in [1.29, 1.82) is 5.26 Å². The van der Waals surface area contributed by atoms with Gasteiger partial charge in [0.2, 0.25) is 0 Å². The molecule has 0 saturated heterocycles. The van der Waals surface area contributed by atoms with Gasteiger partial charge in [-0.3, -0.25) is 4.57 Å². The molecular weight excluding hydrogens is 405 g/mol. The van der Waals surface area contributed by atoms with Gasteiger partial charge in [-0.25, -0.2) is 9.97 Å². The van der Waals surface area contributed by atoms with Crippen LogP contribution in [0.15, 0.2) is 18.3 Å². The normalized spacial score (nSPS) is 10.7. The van der Waals surface area contributed by atoms with Gasteiger partial charge in [-0.2, -0.15) is 5.26 Å². The summed E-state index contributed by atoms with van der Waals surface area (Å²) in [5.41, 5.74) is 10.5. The Morgan fingerprint density at radius 3 is 2.74 bits per heavy atom. The van der Waals surface area contributed by atoms with E-state index >= 15 is 0 Å². The molecule has 1 aromatic carbocycles. The molecule has 7 heteroatoms. The molecule has 0 aliphatic carbocycles. The van der Waals surface area contributed by atoms with E-state index < -0.39 is 0 Å². The molecular formula is C16H14IN5O. The van der Waals surface area contributed by atoms with E-state index in [0.717, 1.165) is 26.3 Å². The second kappa shape index (κ2) is 5.70. The first-order chi connectivity index (χ1) is 11.0. The lowest BCUT2D eigenvalue weighted by Gasteiger charge is -2.16. The van der Waals surface area contributed by atoms with Gasteiger partial charge < -0.3 is 10.5 Å². The number of aryl methyl sites for hydroxylation is 1. The van der Waals surface area contributed by atoms with Crippen LogP contribution in [-0.2, 0) is 0 Å². The highest BCUT2D eigenvalue weighted by molar-refractivity contribution is 14.1. The number of hydrogen-bond donors (Lipinski definition) is 1. The zero-order valence-corrected chi connectivity index (χ0v) is 15.0. The quantitative estimate of drug-likeness (QED) is 0.645. The van der Waals surface area contributed by atoms with E-state index in [1.54, 1.807) is 17.9 Å². The summed E-state index contributed by atoms with van der Waals surface area (Å²) in [5, 5.41) is 9.45. The van der Waals surface area contributed by atoms with Crippen LogP contribution in [0.5, 0.6) is 5.75 Å². The number of halogens is 1. The van der Waals surface area contributed by atoms with Crippen molar-refractivity contribution in [1.82, 2.24) is 14.5 Å². The van der Waals surface area contributed by atoms with E-state index in [4.69, 9.17) is 10.5 Å². The molecule has 2 N–H and O–H groups in total. The van der Waals surface area contributed by atoms with Gasteiger partial charge >= 0.3 is 0 Å². The number of methoxy groups -OCH3 is 1. The smallest absolute Gasteiger partial charge is 0.167 e. The molecule has 0 radical (unpaired) electrons. The lowest BCUT2D eigenvalue weighted by atomic mass is 10.1. The van der Waals surface area contributed by atoms with Crippen LogP contribution < -0.4 is 10.5 Å². The second-order valence-electron chi connectivity index (χ2n) is 5.13. The molecule has 6 nitrogen and oxygen atoms in total. The molecule has 0 bridgehead atoms. The third kappa shape index (κ3) is 2.30. The molecule has 0 spiro atoms. The van der Waals surface area contributed by atoms with Gasteiger partial charge in [0.1, 0.15) is 32.4 Å². The fraction of sp³-hybridized carbons (Fsp3) is 0.188. The molecule has 0 aliphatic rings. The highest BCUT2D eigenvalue weighted by Gasteiger charge is 2.22. The number of benzene rings is 1. The van der Waals surface area contributed by atoms with E-state index in [2.05, 4.69) is 38.6 Å². The first-order valence-electron chi connectivity index (χ1n) is 6.86. The Morgan fingerprint density at radius 1 is 1.35 bits per heavy atom. The van der Waals surface area contributed by atoms with Gasteiger partial charge in [-0.1, -0.05) is 6.07 Å². The van der Waals surface area contributed by atoms with Crippen molar-refractivity contribution < 1.29 is 4.74 Å². The van der Waals surface area contributed by atoms with Crippen molar-refractivity contribution in [2.75, 3.05) is 12.8 Å². The maximum absolute atomic E-state index is 9.45. The minimum atomic E-state index is 0.337. The molecule has 2 heterocycles. The molecule has 0 aliphatic heterocycles. The summed E-state index contributed by atoms with van der Waals surface area (Å²) in [4.78, 5) is 8.87. The summed E-state index contributed by atoms with van der Waals surface area (Å²) in [6.07, 6.45) is 1.62. The SMILES string of the molecule is COc1ccc(C)c(-n2c(N)c(C#N)c3ncc(I)nc32)c1C. The minimum Gasteiger partial charge on any atom is -0.496 e. The van der Waals surface area contributed by atoms with E-state index in [-0.39, 0.29) is 0 Å². The van der Waals surface area contributed by atoms with Crippen LogP contribution in [0.25, 0.3) is 16.9 Å². The summed E-state index contributed by atoms with van der Waals surface area (Å²) >= 11 is 2.09. The predicted octanol–water partition coefficient (Wildman–Crippen LogP) is 3.10. The zero-order valence-electron chi connectivity index (χ0n) is 12.9. The van der Waals surface area contributed by atoms with Crippen molar-refractivity contribution in [3.8, 4) is 17.5 Å². The molecule has 0 atom stereocenters. The van der Waals surface area contributed by atoms with Gasteiger partial charge in [-0.05, 0) is 48.1 Å². The monoisotopic (exact) mass is 419 g/mol. The standard InChI is InChI=1S/C16H14IN5O/c1-8-4-5-11(23-3)9(2)14(8)22-15(19)10(6-18)13-16(22)21-12(17)7-20-13/h4-5,7H,19H2,1-3H3. The molecule has 0 amide bonds. The minimum absolute atomic E-state index is 0.337. The summed E-state index contributed by atoms with van der Waals surface area (Å²) in [5.74, 6) is 1.09. The van der Waals surface area contributed by atoms with Crippen molar-refractivity contribution in [2.24, 2.45) is 0 Å². The highest BCUT2D eigenvalue weighted by atomic mass is 127. The van der Waals surface area contributed by atoms with Crippen LogP contribution in [-0.4, -0.2) is 21.6 Å². The predicted molar refractivity (Wildman–Crippen MR) is 96.7 cm³/mol. The third-order valence-electron chi connectivity index (χ3n) is 3.81. The second-order valence-corrected chi connectivity index (χ2v) is 6.24. The maximum Gasteiger partial charge on any atom is 0.167 e. The zero-order chi connectivity index (χ0) is 16.7. The number of rotatable bonds is 2. The number of aromatic nitrogens is 3. The van der Waals surface area contributed by atoms with Crippen molar-refractivity contribution in [3.63, 3.8) is 0 Å². The van der Waals surface area contributed by atoms with Crippen LogP contribution in [0.1, 0.15) is 16.7 Å². The Hall–Kier alpha value is -2.34. The van der Waals surface area contributed by atoms with Gasteiger partial charge in [-0.15, -0.1) is 0 Å². The average Bonchev–Trinajstić information content (AvgIpc) is 2.79. The van der Waals surface area contributed by atoms with Gasteiger partial charge in [0, 0.05) is 5.56 Å². The van der Waals surface area contributed by atoms with E-state index in [1.165, 1.54) is 0 Å². The molecule has 116 valence electrons. The van der Waals surface area contributed by atoms with Crippen LogP contribution in [0, 0.1) is 28.9 Å². The summed E-state index contributed by atoms with van der Waals surface area (Å²) < 4.78 is 7.94. The van der Waals surface area contributed by atoms with Gasteiger partial charge in [0.25, 0.3) is 0 Å². The third-order valence-corrected chi connectivity index (χ3v) is 4.33. The summed E-state index contributed by atoms with van der Waals surface area (Å²) in [7, 11) is 1.63. The summed E-state index contributed by atoms with van der Waals surface area (Å²) in [6, 6.07) is 6.00. The molecule has 0 unspecified atom stereocenters. The number of nitriles is 1. The van der Waals surface area contributed by atoms with E-state index in [1.807, 2.05) is 26.0 Å². The molecule has 23 heavy (non-hydrogen) atoms. The van der Waals surface area contributed by atoms with Crippen molar-refractivity contribution in [2.45, 2.75) is 13.8 Å². The van der Waals surface area contributed by atoms with Crippen LogP contribution >= 0.6 is 22.6 Å². The topological polar surface area (TPSA) is 89.8 Å². The fourth-order valence-corrected chi connectivity index (χ4v) is 3.12. The Balaban J connectivity index is 2.49. The largest absolute Gasteiger partial charge is 0.496 e. The first-order valence-corrected chi connectivity index (χ1v) is 7.94. The van der Waals surface area contributed by atoms with Crippen LogP contribution in [0.2, 0.25) is 0 Å². The Kier molecular flexibility index (Phi) is 3.85.